The van der Waals surface area contributed by atoms with Crippen molar-refractivity contribution in [3.8, 4) is 11.4 Å². The van der Waals surface area contributed by atoms with Crippen LogP contribution >= 0.6 is 22.6 Å². The van der Waals surface area contributed by atoms with Crippen LogP contribution in [0.3, 0.4) is 0 Å². The Morgan fingerprint density at radius 1 is 1.30 bits per heavy atom. The number of nitrogens with zero attached hydrogens (tertiary/aromatic N) is 2. The van der Waals surface area contributed by atoms with Gasteiger partial charge < -0.3 is 4.98 Å². The molecule has 0 aliphatic rings. The van der Waals surface area contributed by atoms with Gasteiger partial charge in [-0.15, -0.1) is 0 Å². The number of aromatic amines is 2. The molecule has 0 atom stereocenters. The van der Waals surface area contributed by atoms with Crippen molar-refractivity contribution in [2.45, 2.75) is 0 Å². The second-order valence-electron chi connectivity index (χ2n) is 4.23. The minimum absolute atomic E-state index is 0.210. The van der Waals surface area contributed by atoms with Gasteiger partial charge in [0, 0.05) is 16.2 Å². The monoisotopic (exact) mass is 386 g/mol. The predicted octanol–water partition coefficient (Wildman–Crippen LogP) is 1.36. The molecular formula is C12H8FIN4O2. The van der Waals surface area contributed by atoms with Gasteiger partial charge in [0.2, 0.25) is 0 Å². The maximum Gasteiger partial charge on any atom is 0.329 e. The van der Waals surface area contributed by atoms with E-state index in [4.69, 9.17) is 0 Å². The maximum absolute atomic E-state index is 13.1. The first-order chi connectivity index (χ1) is 9.47. The molecule has 2 aromatic heterocycles. The number of imidazole rings is 1. The number of aromatic nitrogens is 4. The first-order valence-electron chi connectivity index (χ1n) is 5.62. The molecule has 102 valence electrons. The highest BCUT2D eigenvalue weighted by molar-refractivity contribution is 14.1. The fourth-order valence-corrected chi connectivity index (χ4v) is 2.65. The molecule has 2 N–H and O–H groups in total. The van der Waals surface area contributed by atoms with E-state index in [-0.39, 0.29) is 17.0 Å². The zero-order chi connectivity index (χ0) is 14.4. The first-order valence-corrected chi connectivity index (χ1v) is 6.69. The lowest BCUT2D eigenvalue weighted by Crippen LogP contribution is -2.28. The van der Waals surface area contributed by atoms with Crippen molar-refractivity contribution < 1.29 is 4.39 Å². The molecule has 0 bridgehead atoms. The van der Waals surface area contributed by atoms with Gasteiger partial charge in [-0.05, 0) is 40.8 Å². The lowest BCUT2D eigenvalue weighted by atomic mass is 10.2. The van der Waals surface area contributed by atoms with Crippen molar-refractivity contribution in [1.82, 2.24) is 19.5 Å². The number of hydrogen-bond acceptors (Lipinski definition) is 3. The fraction of sp³-hybridized carbons (Fsp3) is 0.0833. The van der Waals surface area contributed by atoms with E-state index < -0.39 is 11.2 Å². The Balaban J connectivity index is 2.34. The van der Waals surface area contributed by atoms with Crippen LogP contribution in [0.2, 0.25) is 0 Å². The summed E-state index contributed by atoms with van der Waals surface area (Å²) in [5.41, 5.74) is 0.0690. The predicted molar refractivity (Wildman–Crippen MR) is 80.1 cm³/mol. The van der Waals surface area contributed by atoms with Gasteiger partial charge in [0.05, 0.1) is 0 Å². The van der Waals surface area contributed by atoms with Crippen LogP contribution in [0.5, 0.6) is 0 Å². The van der Waals surface area contributed by atoms with Gasteiger partial charge >= 0.3 is 5.69 Å². The van der Waals surface area contributed by atoms with Gasteiger partial charge in [-0.25, -0.2) is 14.2 Å². The number of nitrogens with one attached hydrogen (secondary N) is 2. The molecule has 0 saturated heterocycles. The molecular weight excluding hydrogens is 378 g/mol. The molecule has 0 amide bonds. The lowest BCUT2D eigenvalue weighted by molar-refractivity contribution is 0.627. The Bertz CT molecular complexity index is 941. The lowest BCUT2D eigenvalue weighted by Gasteiger charge is -2.00. The van der Waals surface area contributed by atoms with E-state index >= 15 is 0 Å². The van der Waals surface area contributed by atoms with Crippen LogP contribution in [-0.4, -0.2) is 19.5 Å². The SMILES string of the molecule is Cn1c(=O)[nH]c(=O)c2[nH]c(-c3ccc(F)cc3I)nc21. The van der Waals surface area contributed by atoms with E-state index in [1.54, 1.807) is 6.07 Å². The molecule has 1 aromatic carbocycles. The molecule has 3 aromatic rings. The van der Waals surface area contributed by atoms with E-state index in [9.17, 15) is 14.0 Å². The summed E-state index contributed by atoms with van der Waals surface area (Å²) < 4.78 is 15.0. The largest absolute Gasteiger partial charge is 0.332 e. The maximum atomic E-state index is 13.1. The summed E-state index contributed by atoms with van der Waals surface area (Å²) in [7, 11) is 1.51. The van der Waals surface area contributed by atoms with Gasteiger partial charge in [-0.2, -0.15) is 0 Å². The highest BCUT2D eigenvalue weighted by Gasteiger charge is 2.14. The second kappa shape index (κ2) is 4.54. The van der Waals surface area contributed by atoms with Crippen LogP contribution < -0.4 is 11.2 Å². The first kappa shape index (κ1) is 13.0. The smallest absolute Gasteiger partial charge is 0.329 e. The van der Waals surface area contributed by atoms with Crippen molar-refractivity contribution in [2.24, 2.45) is 7.05 Å². The third kappa shape index (κ3) is 1.96. The third-order valence-electron chi connectivity index (χ3n) is 2.94. The van der Waals surface area contributed by atoms with Gasteiger partial charge in [0.1, 0.15) is 17.2 Å². The van der Waals surface area contributed by atoms with Crippen molar-refractivity contribution in [2.75, 3.05) is 0 Å². The molecule has 0 aliphatic carbocycles. The van der Waals surface area contributed by atoms with Crippen LogP contribution in [0.15, 0.2) is 27.8 Å². The summed E-state index contributed by atoms with van der Waals surface area (Å²) in [6.45, 7) is 0. The summed E-state index contributed by atoms with van der Waals surface area (Å²) in [5.74, 6) is 0.0654. The topological polar surface area (TPSA) is 83.5 Å². The highest BCUT2D eigenvalue weighted by Crippen LogP contribution is 2.24. The molecule has 0 aliphatic heterocycles. The fourth-order valence-electron chi connectivity index (χ4n) is 1.91. The number of benzene rings is 1. The zero-order valence-corrected chi connectivity index (χ0v) is 12.4. The number of hydrogen-bond donors (Lipinski definition) is 2. The van der Waals surface area contributed by atoms with Crippen molar-refractivity contribution in [1.29, 1.82) is 0 Å². The van der Waals surface area contributed by atoms with Crippen LogP contribution in [0.4, 0.5) is 4.39 Å². The number of halogens is 2. The Labute approximate surface area is 124 Å². The molecule has 6 nitrogen and oxygen atoms in total. The van der Waals surface area contributed by atoms with E-state index in [0.29, 0.717) is 15.0 Å². The second-order valence-corrected chi connectivity index (χ2v) is 5.39. The van der Waals surface area contributed by atoms with E-state index in [0.717, 1.165) is 0 Å². The number of aryl methyl sites for hydroxylation is 1. The number of H-pyrrole nitrogens is 2. The van der Waals surface area contributed by atoms with Crippen molar-refractivity contribution in [3.05, 3.63) is 48.4 Å². The summed E-state index contributed by atoms with van der Waals surface area (Å²) >= 11 is 1.98. The highest BCUT2D eigenvalue weighted by atomic mass is 127. The number of fused-ring (bicyclic) bond motifs is 1. The van der Waals surface area contributed by atoms with Crippen LogP contribution in [0, 0.1) is 9.39 Å². The molecule has 3 rings (SSSR count). The van der Waals surface area contributed by atoms with Gasteiger partial charge in [0.15, 0.2) is 5.65 Å². The summed E-state index contributed by atoms with van der Waals surface area (Å²) in [6.07, 6.45) is 0. The van der Waals surface area contributed by atoms with Crippen molar-refractivity contribution >= 4 is 33.8 Å². The molecule has 0 fully saturated rings. The van der Waals surface area contributed by atoms with Gasteiger partial charge in [-0.1, -0.05) is 0 Å². The molecule has 2 heterocycles. The van der Waals surface area contributed by atoms with Gasteiger partial charge in [-0.3, -0.25) is 14.3 Å². The molecule has 0 unspecified atom stereocenters. The Kier molecular flexibility index (Phi) is 2.96. The molecule has 20 heavy (non-hydrogen) atoms. The average molecular weight is 386 g/mol. The van der Waals surface area contributed by atoms with E-state index in [1.165, 1.54) is 23.7 Å². The van der Waals surface area contributed by atoms with Crippen LogP contribution in [0.1, 0.15) is 0 Å². The minimum atomic E-state index is -0.533. The zero-order valence-electron chi connectivity index (χ0n) is 10.2. The van der Waals surface area contributed by atoms with Crippen LogP contribution in [0.25, 0.3) is 22.6 Å². The normalized spacial score (nSPS) is 11.2. The number of rotatable bonds is 1. The average Bonchev–Trinajstić information content (AvgIpc) is 2.81. The van der Waals surface area contributed by atoms with Crippen LogP contribution in [-0.2, 0) is 7.05 Å². The summed E-state index contributed by atoms with van der Waals surface area (Å²) in [4.78, 5) is 32.6. The Hall–Kier alpha value is -1.97. The minimum Gasteiger partial charge on any atom is -0.332 e. The van der Waals surface area contributed by atoms with Crippen molar-refractivity contribution in [3.63, 3.8) is 0 Å². The quantitative estimate of drug-likeness (QED) is 0.620. The summed E-state index contributed by atoms with van der Waals surface area (Å²) in [6, 6.07) is 4.25. The molecule has 8 heteroatoms. The molecule has 0 saturated carbocycles. The summed E-state index contributed by atoms with van der Waals surface area (Å²) in [5, 5.41) is 0. The van der Waals surface area contributed by atoms with E-state index in [1.807, 2.05) is 22.6 Å². The molecule has 0 radical (unpaired) electrons. The molecule has 0 spiro atoms. The standard InChI is InChI=1S/C12H8FIN4O2/c1-18-10-8(11(19)17-12(18)20)15-9(16-10)6-3-2-5(13)4-7(6)14/h2-4H,1H3,(H,15,16)(H,17,19,20). The Morgan fingerprint density at radius 3 is 2.75 bits per heavy atom. The van der Waals surface area contributed by atoms with E-state index in [2.05, 4.69) is 15.0 Å². The van der Waals surface area contributed by atoms with Gasteiger partial charge in [0.25, 0.3) is 5.56 Å². The Morgan fingerprint density at radius 2 is 2.05 bits per heavy atom. The third-order valence-corrected chi connectivity index (χ3v) is 3.83.